The van der Waals surface area contributed by atoms with Crippen LogP contribution in [0.3, 0.4) is 0 Å². The first kappa shape index (κ1) is 52.3. The first-order chi connectivity index (χ1) is 35.1. The quantitative estimate of drug-likeness (QED) is 0.0640. The van der Waals surface area contributed by atoms with Crippen LogP contribution in [0.4, 0.5) is 17.1 Å². The zero-order valence-electron chi connectivity index (χ0n) is 46.0. The highest BCUT2D eigenvalue weighted by molar-refractivity contribution is 6.74. The molecule has 4 aromatic rings. The summed E-state index contributed by atoms with van der Waals surface area (Å²) in [5, 5.41) is 13.0. The van der Waals surface area contributed by atoms with Crippen LogP contribution in [0.1, 0.15) is 96.0 Å². The zero-order chi connectivity index (χ0) is 53.1. The number of benzene rings is 3. The minimum absolute atomic E-state index is 0.126. The highest BCUT2D eigenvalue weighted by atomic mass is 28.4. The van der Waals surface area contributed by atoms with Crippen LogP contribution in [-0.2, 0) is 50.3 Å². The van der Waals surface area contributed by atoms with Gasteiger partial charge in [0, 0.05) is 109 Å². The van der Waals surface area contributed by atoms with Crippen molar-refractivity contribution in [1.82, 2.24) is 14.8 Å². The van der Waals surface area contributed by atoms with E-state index >= 15 is 9.59 Å². The van der Waals surface area contributed by atoms with Gasteiger partial charge in [0.05, 0.1) is 33.0 Å². The topological polar surface area (TPSA) is 146 Å². The van der Waals surface area contributed by atoms with Gasteiger partial charge >= 0.3 is 17.9 Å². The molecule has 74 heavy (non-hydrogen) atoms. The number of carbonyl (C=O) groups excluding carboxylic acids is 3. The van der Waals surface area contributed by atoms with Crippen molar-refractivity contribution in [2.24, 2.45) is 11.3 Å². The highest BCUT2D eigenvalue weighted by Gasteiger charge is 2.82. The number of aliphatic hydroxyl groups is 1. The lowest BCUT2D eigenvalue weighted by Gasteiger charge is -2.66. The molecule has 0 radical (unpaired) electrons. The predicted octanol–water partition coefficient (Wildman–Crippen LogP) is 8.79. The fourth-order valence-corrected chi connectivity index (χ4v) is 16.7. The molecule has 398 valence electrons. The molecule has 10 atom stereocenters. The summed E-state index contributed by atoms with van der Waals surface area (Å²) >= 11 is 0. The third-order valence-electron chi connectivity index (χ3n) is 19.4. The number of aromatic nitrogens is 1. The number of ether oxygens (including phenoxy) is 4. The molecule has 10 rings (SSSR count). The number of H-pyrrole nitrogens is 1. The zero-order valence-corrected chi connectivity index (χ0v) is 47.0. The summed E-state index contributed by atoms with van der Waals surface area (Å²) in [5.74, 6) is -1.14. The molecule has 1 saturated carbocycles. The van der Waals surface area contributed by atoms with Crippen LogP contribution in [0.15, 0.2) is 72.8 Å². The average molecular weight is 1030 g/mol. The van der Waals surface area contributed by atoms with E-state index in [1.54, 1.807) is 7.11 Å². The Hall–Kier alpha value is -5.19. The number of aromatic amines is 1. The second-order valence-electron chi connectivity index (χ2n) is 24.1. The summed E-state index contributed by atoms with van der Waals surface area (Å²) in [6.07, 6.45) is 6.49. The van der Waals surface area contributed by atoms with Crippen LogP contribution in [0.25, 0.3) is 10.9 Å². The molecule has 1 aliphatic carbocycles. The molecule has 15 heteroatoms. The third-order valence-corrected chi connectivity index (χ3v) is 23.9. The maximum Gasteiger partial charge on any atom is 0.343 e. The Morgan fingerprint density at radius 2 is 1.64 bits per heavy atom. The number of likely N-dealkylation sites (N-methyl/N-ethyl adjacent to an activating group) is 1. The summed E-state index contributed by atoms with van der Waals surface area (Å²) in [4.78, 5) is 58.5. The monoisotopic (exact) mass is 1030 g/mol. The molecule has 1 unspecified atom stereocenters. The first-order valence-electron chi connectivity index (χ1n) is 26.9. The van der Waals surface area contributed by atoms with Gasteiger partial charge in [-0.25, -0.2) is 4.79 Å². The van der Waals surface area contributed by atoms with Gasteiger partial charge in [0.2, 0.25) is 5.60 Å². The van der Waals surface area contributed by atoms with E-state index in [0.717, 1.165) is 44.8 Å². The number of nitrogens with one attached hydrogen (secondary N) is 1. The average Bonchev–Trinajstić information content (AvgIpc) is 4.04. The number of anilines is 3. The smallest absolute Gasteiger partial charge is 0.343 e. The van der Waals surface area contributed by atoms with Crippen LogP contribution < -0.4 is 14.5 Å². The number of hydrogen-bond donors (Lipinski definition) is 2. The molecule has 3 aromatic carbocycles. The molecule has 3 fully saturated rings. The number of nitrogens with zero attached hydrogens (tertiary/aromatic N) is 4. The van der Waals surface area contributed by atoms with Gasteiger partial charge in [0.15, 0.2) is 14.4 Å². The second kappa shape index (κ2) is 18.2. The number of piperidine rings is 1. The summed E-state index contributed by atoms with van der Waals surface area (Å²) in [6, 6.07) is 20.0. The van der Waals surface area contributed by atoms with Crippen molar-refractivity contribution in [2.45, 2.75) is 138 Å². The fourth-order valence-electron chi connectivity index (χ4n) is 15.2. The van der Waals surface area contributed by atoms with Crippen molar-refractivity contribution in [2.75, 3.05) is 77.9 Å². The molecule has 0 amide bonds. The number of hydrogen-bond acceptors (Lipinski definition) is 13. The summed E-state index contributed by atoms with van der Waals surface area (Å²) in [5.41, 5.74) is 1.17. The Bertz CT molecular complexity index is 2900. The molecule has 2 saturated heterocycles. The molecule has 1 spiro atoms. The van der Waals surface area contributed by atoms with E-state index in [4.69, 9.17) is 23.4 Å². The molecule has 6 heterocycles. The molecule has 2 N–H and O–H groups in total. The van der Waals surface area contributed by atoms with Gasteiger partial charge in [-0.1, -0.05) is 65.0 Å². The molecule has 1 aromatic heterocycles. The first-order valence-corrected chi connectivity index (χ1v) is 29.8. The lowest BCUT2D eigenvalue weighted by molar-refractivity contribution is -0.224. The van der Waals surface area contributed by atoms with Crippen molar-refractivity contribution in [3.8, 4) is 5.75 Å². The Morgan fingerprint density at radius 3 is 2.28 bits per heavy atom. The number of fused-ring (bicyclic) bond motifs is 6. The second-order valence-corrected chi connectivity index (χ2v) is 28.8. The minimum Gasteiger partial charge on any atom is -0.496 e. The largest absolute Gasteiger partial charge is 0.496 e. The van der Waals surface area contributed by atoms with Crippen LogP contribution in [0.2, 0.25) is 18.1 Å². The third kappa shape index (κ3) is 7.39. The van der Waals surface area contributed by atoms with E-state index in [-0.39, 0.29) is 17.0 Å². The summed E-state index contributed by atoms with van der Waals surface area (Å²) in [7, 11) is 5.68. The lowest BCUT2D eigenvalue weighted by Crippen LogP contribution is -2.83. The van der Waals surface area contributed by atoms with E-state index < -0.39 is 65.8 Å². The van der Waals surface area contributed by atoms with E-state index in [2.05, 4.69) is 127 Å². The standard InChI is InChI=1S/C59H79N5O9Si/c1-14-55(68)33-38-34-58(52(66)70-10,48-41(24-28-63(35-38)36-55)42-30-40(22-23-45(42)60-48)61(7)39-20-17-16-18-21-39)44-31-43-46(32-47(44)69-9)62(8)50-57(43)26-29-64-27-19-25-56(15-2,49(57)64)51(72-37(3)65)59(50,53(67)71-11)73-74(12,13)54(4,5)6/h16-23,25,30-32,38,49-51,60,68H,14-15,24,26-29,33-36H2,1-13H3/t38-,49+,50-,51-,55+,56-,57-,58+,59+/m1/s1. The summed E-state index contributed by atoms with van der Waals surface area (Å²) in [6.45, 7) is 19.6. The molecule has 5 aliphatic heterocycles. The predicted molar refractivity (Wildman–Crippen MR) is 291 cm³/mol. The van der Waals surface area contributed by atoms with Crippen molar-refractivity contribution >= 4 is 54.2 Å². The number of methoxy groups -OCH3 is 3. The number of carbonyl (C=O) groups is 3. The van der Waals surface area contributed by atoms with E-state index in [1.165, 1.54) is 21.1 Å². The minimum atomic E-state index is -2.95. The molecular weight excluding hydrogens is 951 g/mol. The van der Waals surface area contributed by atoms with Crippen LogP contribution in [0, 0.1) is 11.3 Å². The highest BCUT2D eigenvalue weighted by Crippen LogP contribution is 2.69. The van der Waals surface area contributed by atoms with E-state index in [1.807, 2.05) is 32.2 Å². The van der Waals surface area contributed by atoms with Gasteiger partial charge in [-0.05, 0) is 117 Å². The van der Waals surface area contributed by atoms with Gasteiger partial charge in [0.1, 0.15) is 11.2 Å². The lowest BCUT2D eigenvalue weighted by atomic mass is 9.47. The molecule has 14 nitrogen and oxygen atoms in total. The Labute approximate surface area is 438 Å². The number of esters is 3. The van der Waals surface area contributed by atoms with Crippen LogP contribution in [-0.4, -0.2) is 144 Å². The van der Waals surface area contributed by atoms with Crippen molar-refractivity contribution in [1.29, 1.82) is 0 Å². The van der Waals surface area contributed by atoms with Gasteiger partial charge < -0.3 is 43.3 Å². The van der Waals surface area contributed by atoms with Crippen LogP contribution >= 0.6 is 0 Å². The number of para-hydroxylation sites is 1. The van der Waals surface area contributed by atoms with E-state index in [9.17, 15) is 9.90 Å². The normalized spacial score (nSPS) is 32.3. The molecule has 6 aliphatic rings. The fraction of sp³-hybridized carbons (Fsp3) is 0.576. The van der Waals surface area contributed by atoms with Crippen molar-refractivity contribution in [3.05, 3.63) is 95.2 Å². The molecular formula is C59H79N5O9Si. The summed E-state index contributed by atoms with van der Waals surface area (Å²) < 4.78 is 33.3. The number of rotatable bonds is 11. The Morgan fingerprint density at radius 1 is 0.905 bits per heavy atom. The van der Waals surface area contributed by atoms with Crippen LogP contribution in [0.5, 0.6) is 5.75 Å². The molecule has 2 bridgehead atoms. The maximum absolute atomic E-state index is 15.9. The Kier molecular flexibility index (Phi) is 12.9. The van der Waals surface area contributed by atoms with Gasteiger partial charge in [0.25, 0.3) is 0 Å². The van der Waals surface area contributed by atoms with Gasteiger partial charge in [-0.3, -0.25) is 19.4 Å². The van der Waals surface area contributed by atoms with Gasteiger partial charge in [-0.15, -0.1) is 0 Å². The van der Waals surface area contributed by atoms with Crippen molar-refractivity contribution in [3.63, 3.8) is 0 Å². The Balaban J connectivity index is 1.29. The van der Waals surface area contributed by atoms with E-state index in [0.29, 0.717) is 82.6 Å². The van der Waals surface area contributed by atoms with Gasteiger partial charge in [-0.2, -0.15) is 0 Å². The maximum atomic E-state index is 15.9. The van der Waals surface area contributed by atoms with Crippen molar-refractivity contribution < 1.29 is 42.9 Å². The SMILES string of the molecule is CC[C@]1(O)C[C@H]2CN(CCc3c([nH]c4ccc(N(C)c5ccccc5)cc34)[C@@](C(=O)OC)(c3cc4c(cc3OC)N(C)[C@H]3[C@@](O[Si](C)(C)C(C)(C)C)(C(=O)OC)[C@H](OC(C)=O)[C@]5(CC)C=CCN6CC[C@]43[C@@H]65)C2)C1.